The summed E-state index contributed by atoms with van der Waals surface area (Å²) < 4.78 is 1.15. The molecule has 0 amide bonds. The number of halogens is 1. The van der Waals surface area contributed by atoms with E-state index in [0.29, 0.717) is 0 Å². The van der Waals surface area contributed by atoms with E-state index in [1.807, 2.05) is 0 Å². The quantitative estimate of drug-likeness (QED) is 0.652. The van der Waals surface area contributed by atoms with E-state index in [1.54, 1.807) is 0 Å². The van der Waals surface area contributed by atoms with E-state index in [2.05, 4.69) is 74.9 Å². The Morgan fingerprint density at radius 1 is 1.04 bits per heavy atom. The van der Waals surface area contributed by atoms with Crippen molar-refractivity contribution in [3.8, 4) is 0 Å². The third-order valence-electron chi connectivity index (χ3n) is 5.81. The van der Waals surface area contributed by atoms with E-state index >= 15 is 0 Å². The van der Waals surface area contributed by atoms with Crippen LogP contribution in [-0.4, -0.2) is 55.4 Å². The fourth-order valence-corrected chi connectivity index (χ4v) is 4.60. The van der Waals surface area contributed by atoms with Gasteiger partial charge in [0.05, 0.1) is 17.1 Å². The maximum atomic E-state index is 5.22. The zero-order valence-electron chi connectivity index (χ0n) is 15.3. The Hall–Kier alpha value is -1.85. The van der Waals surface area contributed by atoms with Crippen molar-refractivity contribution in [3.63, 3.8) is 0 Å². The molecule has 5 heteroatoms. The first-order valence-electron chi connectivity index (χ1n) is 9.34. The number of fused-ring (bicyclic) bond motifs is 2. The zero-order valence-corrected chi connectivity index (χ0v) is 16.9. The highest BCUT2D eigenvalue weighted by molar-refractivity contribution is 9.10. The molecule has 0 bridgehead atoms. The monoisotopic (exact) mass is 410 g/mol. The van der Waals surface area contributed by atoms with Gasteiger partial charge < -0.3 is 14.7 Å². The molecular weight excluding hydrogens is 388 g/mol. The number of nitrogens with zero attached hydrogens (tertiary/aromatic N) is 4. The van der Waals surface area contributed by atoms with Crippen molar-refractivity contribution < 1.29 is 0 Å². The number of anilines is 2. The molecule has 0 aliphatic carbocycles. The van der Waals surface area contributed by atoms with Crippen LogP contribution in [0.25, 0.3) is 0 Å². The molecule has 5 rings (SSSR count). The average Bonchev–Trinajstić information content (AvgIpc) is 3.02. The highest BCUT2D eigenvalue weighted by Gasteiger charge is 2.32. The number of amidine groups is 1. The summed E-state index contributed by atoms with van der Waals surface area (Å²) in [6.07, 6.45) is 1.10. The second-order valence-electron chi connectivity index (χ2n) is 7.53. The molecule has 26 heavy (non-hydrogen) atoms. The number of likely N-dealkylation sites (N-methyl/N-ethyl adjacent to an activating group) is 1. The molecule has 2 aromatic rings. The van der Waals surface area contributed by atoms with Crippen molar-refractivity contribution in [2.45, 2.75) is 13.3 Å². The van der Waals surface area contributed by atoms with Crippen molar-refractivity contribution in [3.05, 3.63) is 51.5 Å². The summed E-state index contributed by atoms with van der Waals surface area (Å²) in [5.74, 6) is 1.14. The van der Waals surface area contributed by atoms with Crippen molar-refractivity contribution in [1.29, 1.82) is 0 Å². The summed E-state index contributed by atoms with van der Waals surface area (Å²) in [7, 11) is 2.20. The summed E-state index contributed by atoms with van der Waals surface area (Å²) in [5.41, 5.74) is 7.63. The van der Waals surface area contributed by atoms with E-state index in [9.17, 15) is 0 Å². The van der Waals surface area contributed by atoms with Crippen LogP contribution in [0.4, 0.5) is 17.1 Å². The third-order valence-corrected chi connectivity index (χ3v) is 6.67. The summed E-state index contributed by atoms with van der Waals surface area (Å²) in [5, 5.41) is 0. The first-order valence-corrected chi connectivity index (χ1v) is 10.1. The second-order valence-corrected chi connectivity index (χ2v) is 8.39. The molecule has 1 fully saturated rings. The standard InChI is InChI=1S/C21H23BrN4/c1-14-12-18-19(13-17(14)22)26-7-6-15-4-3-5-16(20(15)26)21(23-18)25-10-8-24(2)9-11-25/h3-5,12-13H,6-11H2,1-2H3. The highest BCUT2D eigenvalue weighted by atomic mass is 79.9. The predicted molar refractivity (Wildman–Crippen MR) is 111 cm³/mol. The van der Waals surface area contributed by atoms with Crippen molar-refractivity contribution in [1.82, 2.24) is 9.80 Å². The number of benzene rings is 2. The highest BCUT2D eigenvalue weighted by Crippen LogP contribution is 2.46. The summed E-state index contributed by atoms with van der Waals surface area (Å²) in [6, 6.07) is 11.2. The Bertz CT molecular complexity index is 912. The topological polar surface area (TPSA) is 22.1 Å². The molecule has 0 saturated carbocycles. The lowest BCUT2D eigenvalue weighted by Gasteiger charge is -2.35. The normalized spacial score (nSPS) is 19.1. The maximum absolute atomic E-state index is 5.22. The largest absolute Gasteiger partial charge is 0.353 e. The minimum absolute atomic E-state index is 1.03. The van der Waals surface area contributed by atoms with Crippen LogP contribution in [0.1, 0.15) is 16.7 Å². The minimum atomic E-state index is 1.03. The Labute approximate surface area is 163 Å². The molecule has 0 aromatic heterocycles. The summed E-state index contributed by atoms with van der Waals surface area (Å²) in [6.45, 7) is 7.41. The van der Waals surface area contributed by atoms with Gasteiger partial charge in [-0.15, -0.1) is 0 Å². The van der Waals surface area contributed by atoms with E-state index in [4.69, 9.17) is 4.99 Å². The molecule has 0 atom stereocenters. The maximum Gasteiger partial charge on any atom is 0.138 e. The lowest BCUT2D eigenvalue weighted by atomic mass is 10.1. The van der Waals surface area contributed by atoms with Gasteiger partial charge in [0.15, 0.2) is 0 Å². The molecule has 0 N–H and O–H groups in total. The Morgan fingerprint density at radius 3 is 2.65 bits per heavy atom. The average molecular weight is 411 g/mol. The number of rotatable bonds is 0. The summed E-state index contributed by atoms with van der Waals surface area (Å²) in [4.78, 5) is 12.6. The molecule has 4 nitrogen and oxygen atoms in total. The van der Waals surface area contributed by atoms with Crippen molar-refractivity contribution in [2.75, 3.05) is 44.7 Å². The Morgan fingerprint density at radius 2 is 1.85 bits per heavy atom. The summed E-state index contributed by atoms with van der Waals surface area (Å²) >= 11 is 3.72. The zero-order chi connectivity index (χ0) is 17.8. The van der Waals surface area contributed by atoms with E-state index in [0.717, 1.165) is 55.1 Å². The van der Waals surface area contributed by atoms with Crippen LogP contribution in [0.2, 0.25) is 0 Å². The van der Waals surface area contributed by atoms with Gasteiger partial charge in [0.2, 0.25) is 0 Å². The van der Waals surface area contributed by atoms with Crippen molar-refractivity contribution >= 4 is 38.8 Å². The number of hydrogen-bond acceptors (Lipinski definition) is 4. The number of para-hydroxylation sites is 1. The molecule has 3 heterocycles. The minimum Gasteiger partial charge on any atom is -0.353 e. The molecule has 134 valence electrons. The van der Waals surface area contributed by atoms with Gasteiger partial charge in [-0.1, -0.05) is 28.1 Å². The van der Waals surface area contributed by atoms with Gasteiger partial charge in [-0.3, -0.25) is 0 Å². The van der Waals surface area contributed by atoms with Gasteiger partial charge in [-0.25, -0.2) is 4.99 Å². The van der Waals surface area contributed by atoms with Gasteiger partial charge in [0.1, 0.15) is 5.84 Å². The molecule has 0 radical (unpaired) electrons. The Kier molecular flexibility index (Phi) is 3.83. The molecular formula is C21H23BrN4. The van der Waals surface area contributed by atoms with Gasteiger partial charge in [0, 0.05) is 42.8 Å². The first-order chi connectivity index (χ1) is 12.6. The second kappa shape index (κ2) is 6.10. The molecule has 0 spiro atoms. The van der Waals surface area contributed by atoms with Gasteiger partial charge in [-0.05, 0) is 49.7 Å². The van der Waals surface area contributed by atoms with Crippen LogP contribution in [0.3, 0.4) is 0 Å². The van der Waals surface area contributed by atoms with Crippen LogP contribution in [0.15, 0.2) is 39.8 Å². The van der Waals surface area contributed by atoms with Gasteiger partial charge in [-0.2, -0.15) is 0 Å². The van der Waals surface area contributed by atoms with Crippen LogP contribution < -0.4 is 4.90 Å². The number of aliphatic imine (C=N–C) groups is 1. The third kappa shape index (κ3) is 2.48. The molecule has 3 aliphatic heterocycles. The van der Waals surface area contributed by atoms with E-state index < -0.39 is 0 Å². The first kappa shape index (κ1) is 16.3. The van der Waals surface area contributed by atoms with E-state index in [1.165, 1.54) is 28.1 Å². The lowest BCUT2D eigenvalue weighted by molar-refractivity contribution is 0.216. The molecule has 3 aliphatic rings. The fraction of sp³-hybridized carbons (Fsp3) is 0.381. The van der Waals surface area contributed by atoms with Crippen LogP contribution in [0.5, 0.6) is 0 Å². The molecule has 2 aromatic carbocycles. The van der Waals surface area contributed by atoms with Crippen LogP contribution >= 0.6 is 15.9 Å². The van der Waals surface area contributed by atoms with E-state index in [-0.39, 0.29) is 0 Å². The smallest absolute Gasteiger partial charge is 0.138 e. The number of piperazine rings is 1. The lowest BCUT2D eigenvalue weighted by Crippen LogP contribution is -2.47. The van der Waals surface area contributed by atoms with Crippen LogP contribution in [-0.2, 0) is 6.42 Å². The number of hydrogen-bond donors (Lipinski definition) is 0. The molecule has 1 saturated heterocycles. The molecule has 0 unspecified atom stereocenters. The number of aryl methyl sites for hydroxylation is 1. The Balaban J connectivity index is 1.73. The SMILES string of the molecule is Cc1cc2c(cc1Br)N1CCc3cccc(c31)C(N1CCN(C)CC1)=N2. The van der Waals surface area contributed by atoms with Gasteiger partial charge >= 0.3 is 0 Å². The van der Waals surface area contributed by atoms with Crippen molar-refractivity contribution in [2.24, 2.45) is 4.99 Å². The predicted octanol–water partition coefficient (Wildman–Crippen LogP) is 4.09. The fourth-order valence-electron chi connectivity index (χ4n) is 4.27. The van der Waals surface area contributed by atoms with Crippen LogP contribution in [0, 0.1) is 6.92 Å². The van der Waals surface area contributed by atoms with Gasteiger partial charge in [0.25, 0.3) is 0 Å².